The van der Waals surface area contributed by atoms with Crippen LogP contribution in [-0.2, 0) is 11.2 Å². The molecule has 0 bridgehead atoms. The monoisotopic (exact) mass is 416 g/mol. The number of rotatable bonds is 2. The molecular formula is C22H17ClN6O. The van der Waals surface area contributed by atoms with Crippen molar-refractivity contribution < 1.29 is 4.74 Å². The van der Waals surface area contributed by atoms with E-state index in [9.17, 15) is 0 Å². The third-order valence-electron chi connectivity index (χ3n) is 5.56. The third kappa shape index (κ3) is 2.66. The lowest BCUT2D eigenvalue weighted by Crippen LogP contribution is -2.08. The first kappa shape index (κ1) is 17.4. The van der Waals surface area contributed by atoms with Crippen molar-refractivity contribution in [3.05, 3.63) is 88.2 Å². The Bertz CT molecular complexity index is 1300. The lowest BCUT2D eigenvalue weighted by Gasteiger charge is -2.10. The molecule has 6 rings (SSSR count). The number of fused-ring (bicyclic) bond motifs is 5. The molecule has 0 radical (unpaired) electrons. The van der Waals surface area contributed by atoms with Crippen LogP contribution in [0.2, 0.25) is 5.02 Å². The summed E-state index contributed by atoms with van der Waals surface area (Å²) in [7, 11) is 0. The number of ether oxygens (including phenoxy) is 1. The van der Waals surface area contributed by atoms with E-state index in [1.165, 1.54) is 0 Å². The van der Waals surface area contributed by atoms with Gasteiger partial charge in [-0.25, -0.2) is 14.7 Å². The number of benzene rings is 2. The zero-order valence-corrected chi connectivity index (χ0v) is 16.9. The first-order valence-corrected chi connectivity index (χ1v) is 10.1. The fourth-order valence-corrected chi connectivity index (χ4v) is 4.17. The first-order chi connectivity index (χ1) is 14.7. The van der Waals surface area contributed by atoms with Crippen molar-refractivity contribution in [3.63, 3.8) is 0 Å². The van der Waals surface area contributed by atoms with Crippen molar-refractivity contribution in [1.82, 2.24) is 24.5 Å². The van der Waals surface area contributed by atoms with Gasteiger partial charge in [0.1, 0.15) is 24.7 Å². The van der Waals surface area contributed by atoms with E-state index in [1.54, 1.807) is 6.20 Å². The summed E-state index contributed by atoms with van der Waals surface area (Å²) in [5, 5.41) is 9.15. The van der Waals surface area contributed by atoms with Gasteiger partial charge in [-0.05, 0) is 42.3 Å². The minimum atomic E-state index is -0.0671. The van der Waals surface area contributed by atoms with E-state index in [1.807, 2.05) is 35.3 Å². The van der Waals surface area contributed by atoms with E-state index in [-0.39, 0.29) is 6.04 Å². The van der Waals surface area contributed by atoms with Crippen LogP contribution in [0.25, 0.3) is 11.4 Å². The second kappa shape index (κ2) is 6.53. The van der Waals surface area contributed by atoms with Crippen LogP contribution in [0.5, 0.6) is 0 Å². The first-order valence-electron chi connectivity index (χ1n) is 9.71. The molecule has 7 nitrogen and oxygen atoms in total. The number of aryl methyl sites for hydroxylation is 1. The number of halogens is 1. The van der Waals surface area contributed by atoms with Gasteiger partial charge in [0.15, 0.2) is 0 Å². The minimum absolute atomic E-state index is 0.0671. The molecule has 2 aliphatic rings. The lowest BCUT2D eigenvalue weighted by molar-refractivity contribution is 0.319. The average molecular weight is 417 g/mol. The van der Waals surface area contributed by atoms with Crippen molar-refractivity contribution >= 4 is 17.5 Å². The van der Waals surface area contributed by atoms with Crippen LogP contribution in [0.3, 0.4) is 0 Å². The van der Waals surface area contributed by atoms with Crippen LogP contribution in [0.15, 0.2) is 60.0 Å². The summed E-state index contributed by atoms with van der Waals surface area (Å²) < 4.78 is 9.97. The Kier molecular flexibility index (Phi) is 3.79. The predicted molar refractivity (Wildman–Crippen MR) is 113 cm³/mol. The molecule has 2 aromatic carbocycles. The quantitative estimate of drug-likeness (QED) is 0.438. The smallest absolute Gasteiger partial charge is 0.238 e. The maximum atomic E-state index is 6.01. The SMILES string of the molecule is Cc1ccc2c(c1)-n1nncc1Cc1c(C3=N[C@H](c4ccc(Cl)cc4)CO3)ncn1-2. The van der Waals surface area contributed by atoms with Crippen LogP contribution < -0.4 is 0 Å². The van der Waals surface area contributed by atoms with Crippen molar-refractivity contribution in [2.75, 3.05) is 6.61 Å². The van der Waals surface area contributed by atoms with E-state index >= 15 is 0 Å². The van der Waals surface area contributed by atoms with E-state index in [0.717, 1.165) is 39.6 Å². The van der Waals surface area contributed by atoms with Crippen LogP contribution in [0, 0.1) is 6.92 Å². The van der Waals surface area contributed by atoms with Gasteiger partial charge in [0.25, 0.3) is 0 Å². The maximum Gasteiger partial charge on any atom is 0.238 e. The summed E-state index contributed by atoms with van der Waals surface area (Å²) in [6.07, 6.45) is 4.26. The Hall–Kier alpha value is -3.45. The molecule has 2 aliphatic heterocycles. The van der Waals surface area contributed by atoms with Gasteiger partial charge in [0.2, 0.25) is 5.90 Å². The fourth-order valence-electron chi connectivity index (χ4n) is 4.05. The Morgan fingerprint density at radius 3 is 2.83 bits per heavy atom. The maximum absolute atomic E-state index is 6.01. The topological polar surface area (TPSA) is 70.1 Å². The molecule has 0 unspecified atom stereocenters. The molecule has 148 valence electrons. The third-order valence-corrected chi connectivity index (χ3v) is 5.81. The number of hydrogen-bond donors (Lipinski definition) is 0. The van der Waals surface area contributed by atoms with Gasteiger partial charge in [0.05, 0.1) is 29.0 Å². The Morgan fingerprint density at radius 1 is 1.10 bits per heavy atom. The molecule has 30 heavy (non-hydrogen) atoms. The van der Waals surface area contributed by atoms with Gasteiger partial charge in [-0.1, -0.05) is 35.0 Å². The molecule has 0 N–H and O–H groups in total. The normalized spacial score (nSPS) is 16.9. The summed E-state index contributed by atoms with van der Waals surface area (Å²) in [6, 6.07) is 13.9. The molecular weight excluding hydrogens is 400 g/mol. The van der Waals surface area contributed by atoms with Crippen molar-refractivity contribution in [2.45, 2.75) is 19.4 Å². The second-order valence-electron chi connectivity index (χ2n) is 7.53. The highest BCUT2D eigenvalue weighted by Gasteiger charge is 2.29. The molecule has 0 spiro atoms. The van der Waals surface area contributed by atoms with E-state index in [2.05, 4.69) is 45.0 Å². The number of nitrogens with zero attached hydrogens (tertiary/aromatic N) is 6. The summed E-state index contributed by atoms with van der Waals surface area (Å²) in [5.41, 5.74) is 6.99. The van der Waals surface area contributed by atoms with Crippen LogP contribution in [-0.4, -0.2) is 37.0 Å². The Morgan fingerprint density at radius 2 is 1.97 bits per heavy atom. The molecule has 0 saturated heterocycles. The van der Waals surface area contributed by atoms with E-state index < -0.39 is 0 Å². The zero-order chi connectivity index (χ0) is 20.2. The highest BCUT2D eigenvalue weighted by molar-refractivity contribution is 6.30. The number of aliphatic imine (C=N–C) groups is 1. The van der Waals surface area contributed by atoms with Gasteiger partial charge in [-0.2, -0.15) is 0 Å². The van der Waals surface area contributed by atoms with Crippen LogP contribution in [0.1, 0.15) is 34.3 Å². The lowest BCUT2D eigenvalue weighted by atomic mass is 10.1. The molecule has 0 amide bonds. The largest absolute Gasteiger partial charge is 0.474 e. The van der Waals surface area contributed by atoms with Crippen molar-refractivity contribution in [1.29, 1.82) is 0 Å². The second-order valence-corrected chi connectivity index (χ2v) is 7.97. The number of aromatic nitrogens is 5. The van der Waals surface area contributed by atoms with Crippen molar-refractivity contribution in [3.8, 4) is 11.4 Å². The van der Waals surface area contributed by atoms with Crippen LogP contribution >= 0.6 is 11.6 Å². The van der Waals surface area contributed by atoms with Gasteiger partial charge >= 0.3 is 0 Å². The summed E-state index contributed by atoms with van der Waals surface area (Å²) in [5.74, 6) is 0.568. The summed E-state index contributed by atoms with van der Waals surface area (Å²) in [4.78, 5) is 9.50. The number of imidazole rings is 1. The standard InChI is InChI=1S/C22H17ClN6O/c1-13-2-7-18-19(8-13)29-16(10-25-27-29)9-20-21(24-12-28(18)20)22-26-17(11-30-22)14-3-5-15(23)6-4-14/h2-8,10,12,17H,9,11H2,1H3/t17-/m0/s1. The molecule has 4 aromatic rings. The molecule has 8 heteroatoms. The highest BCUT2D eigenvalue weighted by atomic mass is 35.5. The van der Waals surface area contributed by atoms with Gasteiger partial charge in [-0.3, -0.25) is 4.57 Å². The number of hydrogen-bond acceptors (Lipinski definition) is 5. The molecule has 1 atom stereocenters. The zero-order valence-electron chi connectivity index (χ0n) is 16.2. The van der Waals surface area contributed by atoms with E-state index in [4.69, 9.17) is 21.3 Å². The highest BCUT2D eigenvalue weighted by Crippen LogP contribution is 2.32. The van der Waals surface area contributed by atoms with Crippen molar-refractivity contribution in [2.24, 2.45) is 4.99 Å². The molecule has 4 heterocycles. The summed E-state index contributed by atoms with van der Waals surface area (Å²) >= 11 is 6.01. The molecule has 0 aliphatic carbocycles. The Labute approximate surface area is 177 Å². The summed E-state index contributed by atoms with van der Waals surface area (Å²) in [6.45, 7) is 2.55. The Balaban J connectivity index is 1.46. The molecule has 0 fully saturated rings. The fraction of sp³-hybridized carbons (Fsp3) is 0.182. The van der Waals surface area contributed by atoms with Gasteiger partial charge < -0.3 is 4.74 Å². The predicted octanol–water partition coefficient (Wildman–Crippen LogP) is 3.84. The molecule has 2 aromatic heterocycles. The van der Waals surface area contributed by atoms with Gasteiger partial charge in [-0.15, -0.1) is 5.10 Å². The minimum Gasteiger partial charge on any atom is -0.474 e. The van der Waals surface area contributed by atoms with Gasteiger partial charge in [0, 0.05) is 11.4 Å². The van der Waals surface area contributed by atoms with E-state index in [0.29, 0.717) is 23.9 Å². The average Bonchev–Trinajstić information content (AvgIpc) is 3.48. The molecule has 0 saturated carbocycles. The van der Waals surface area contributed by atoms with Crippen LogP contribution in [0.4, 0.5) is 0 Å².